The van der Waals surface area contributed by atoms with Gasteiger partial charge in [-0.1, -0.05) is 0 Å². The van der Waals surface area contributed by atoms with E-state index in [4.69, 9.17) is 10.8 Å². The molecule has 2 unspecified atom stereocenters. The van der Waals surface area contributed by atoms with Crippen molar-refractivity contribution < 1.29 is 9.94 Å². The molecule has 0 amide bonds. The molecule has 0 aliphatic heterocycles. The van der Waals surface area contributed by atoms with Crippen molar-refractivity contribution in [3.63, 3.8) is 0 Å². The van der Waals surface area contributed by atoms with Gasteiger partial charge in [0.15, 0.2) is 6.29 Å². The summed E-state index contributed by atoms with van der Waals surface area (Å²) in [5, 5.41) is 8.46. The van der Waals surface area contributed by atoms with Crippen LogP contribution >= 0.6 is 0 Å². The minimum atomic E-state index is -1.04. The van der Waals surface area contributed by atoms with Gasteiger partial charge in [0.1, 0.15) is 0 Å². The van der Waals surface area contributed by atoms with Gasteiger partial charge in [0, 0.05) is 0 Å². The Morgan fingerprint density at radius 3 is 2.14 bits per heavy atom. The summed E-state index contributed by atoms with van der Waals surface area (Å²) in [6.45, 7) is 1.59. The highest BCUT2D eigenvalue weighted by atomic mass is 16.7. The second-order valence-electron chi connectivity index (χ2n) is 1.39. The first kappa shape index (κ1) is 6.84. The molecular weight excluding hydrogens is 96.0 g/mol. The van der Waals surface area contributed by atoms with Crippen LogP contribution in [0.2, 0.25) is 0 Å². The molecule has 0 aromatic carbocycles. The number of nitrogens with two attached hydrogens (primary N) is 2. The lowest BCUT2D eigenvalue weighted by atomic mass is 10.4. The molecule has 0 bridgehead atoms. The Morgan fingerprint density at radius 1 is 1.71 bits per heavy atom. The standard InChI is InChI=1S/C3H10N2O2/c1-2(4)3(6)7-5/h2-3,6H,4-5H2,1H3. The third-order valence-electron chi connectivity index (χ3n) is 0.589. The fourth-order valence-electron chi connectivity index (χ4n) is 0.124. The molecule has 0 fully saturated rings. The van der Waals surface area contributed by atoms with Crippen LogP contribution in [0.5, 0.6) is 0 Å². The lowest BCUT2D eigenvalue weighted by Gasteiger charge is -2.09. The monoisotopic (exact) mass is 106 g/mol. The van der Waals surface area contributed by atoms with Crippen LogP contribution in [0.15, 0.2) is 0 Å². The topological polar surface area (TPSA) is 81.5 Å². The summed E-state index contributed by atoms with van der Waals surface area (Å²) < 4.78 is 0. The maximum Gasteiger partial charge on any atom is 0.189 e. The van der Waals surface area contributed by atoms with Gasteiger partial charge in [-0.25, -0.2) is 5.90 Å². The number of rotatable bonds is 2. The van der Waals surface area contributed by atoms with Crippen LogP contribution in [0.1, 0.15) is 6.92 Å². The molecule has 0 aromatic heterocycles. The van der Waals surface area contributed by atoms with E-state index in [1.807, 2.05) is 0 Å². The first-order chi connectivity index (χ1) is 3.18. The quantitative estimate of drug-likeness (QED) is 0.297. The highest BCUT2D eigenvalue weighted by molar-refractivity contribution is 4.52. The average molecular weight is 106 g/mol. The highest BCUT2D eigenvalue weighted by Crippen LogP contribution is 1.83. The van der Waals surface area contributed by atoms with Crippen molar-refractivity contribution >= 4 is 0 Å². The van der Waals surface area contributed by atoms with Crippen molar-refractivity contribution in [3.05, 3.63) is 0 Å². The van der Waals surface area contributed by atoms with Crippen LogP contribution in [0.3, 0.4) is 0 Å². The second-order valence-corrected chi connectivity index (χ2v) is 1.39. The van der Waals surface area contributed by atoms with E-state index in [0.717, 1.165) is 0 Å². The fourth-order valence-corrected chi connectivity index (χ4v) is 0.124. The number of aliphatic hydroxyl groups is 1. The molecule has 2 atom stereocenters. The Hall–Kier alpha value is -0.160. The van der Waals surface area contributed by atoms with Gasteiger partial charge in [-0.05, 0) is 6.92 Å². The number of hydrogen-bond acceptors (Lipinski definition) is 4. The van der Waals surface area contributed by atoms with Crippen LogP contribution in [0.4, 0.5) is 0 Å². The van der Waals surface area contributed by atoms with E-state index in [0.29, 0.717) is 0 Å². The average Bonchev–Trinajstić information content (AvgIpc) is 1.65. The van der Waals surface area contributed by atoms with Crippen LogP contribution in [-0.4, -0.2) is 17.4 Å². The first-order valence-corrected chi connectivity index (χ1v) is 1.97. The zero-order chi connectivity index (χ0) is 5.86. The first-order valence-electron chi connectivity index (χ1n) is 1.97. The SMILES string of the molecule is CC(N)C(O)ON. The van der Waals surface area contributed by atoms with E-state index in [1.165, 1.54) is 0 Å². The molecule has 0 saturated heterocycles. The van der Waals surface area contributed by atoms with E-state index < -0.39 is 12.3 Å². The summed E-state index contributed by atoms with van der Waals surface area (Å²) >= 11 is 0. The molecule has 44 valence electrons. The molecule has 4 nitrogen and oxygen atoms in total. The van der Waals surface area contributed by atoms with Gasteiger partial charge in [0.05, 0.1) is 6.04 Å². The van der Waals surface area contributed by atoms with Crippen molar-refractivity contribution in [1.82, 2.24) is 0 Å². The molecule has 0 heterocycles. The largest absolute Gasteiger partial charge is 0.365 e. The van der Waals surface area contributed by atoms with E-state index >= 15 is 0 Å². The zero-order valence-electron chi connectivity index (χ0n) is 4.16. The van der Waals surface area contributed by atoms with Crippen LogP contribution in [0.25, 0.3) is 0 Å². The molecule has 0 aliphatic rings. The predicted molar refractivity (Wildman–Crippen MR) is 24.9 cm³/mol. The molecule has 0 aromatic rings. The van der Waals surface area contributed by atoms with Gasteiger partial charge in [-0.3, -0.25) is 4.84 Å². The third kappa shape index (κ3) is 2.52. The molecule has 0 aliphatic carbocycles. The van der Waals surface area contributed by atoms with Gasteiger partial charge in [-0.2, -0.15) is 0 Å². The maximum absolute atomic E-state index is 8.46. The van der Waals surface area contributed by atoms with E-state index in [-0.39, 0.29) is 0 Å². The second kappa shape index (κ2) is 2.92. The molecular formula is C3H10N2O2. The molecule has 0 radical (unpaired) electrons. The molecule has 5 N–H and O–H groups in total. The van der Waals surface area contributed by atoms with Crippen LogP contribution in [0, 0.1) is 0 Å². The van der Waals surface area contributed by atoms with Gasteiger partial charge in [-0.15, -0.1) is 0 Å². The predicted octanol–water partition coefficient (Wildman–Crippen LogP) is -1.46. The molecule has 0 saturated carbocycles. The highest BCUT2D eigenvalue weighted by Gasteiger charge is 2.05. The maximum atomic E-state index is 8.46. The van der Waals surface area contributed by atoms with Gasteiger partial charge in [0.25, 0.3) is 0 Å². The summed E-state index contributed by atoms with van der Waals surface area (Å²) in [5.74, 6) is 4.54. The van der Waals surface area contributed by atoms with Crippen LogP contribution < -0.4 is 11.6 Å². The minimum absolute atomic E-state index is 0.426. The smallest absolute Gasteiger partial charge is 0.189 e. The minimum Gasteiger partial charge on any atom is -0.365 e. The summed E-state index contributed by atoms with van der Waals surface area (Å²) in [4.78, 5) is 3.94. The molecule has 4 heteroatoms. The Labute approximate surface area is 42.0 Å². The van der Waals surface area contributed by atoms with Crippen molar-refractivity contribution in [1.29, 1.82) is 0 Å². The molecule has 0 spiro atoms. The fraction of sp³-hybridized carbons (Fsp3) is 1.00. The Balaban J connectivity index is 3.14. The van der Waals surface area contributed by atoms with Crippen molar-refractivity contribution in [2.75, 3.05) is 0 Å². The van der Waals surface area contributed by atoms with Crippen molar-refractivity contribution in [2.24, 2.45) is 11.6 Å². The van der Waals surface area contributed by atoms with Crippen molar-refractivity contribution in [2.45, 2.75) is 19.3 Å². The Bertz CT molecular complexity index is 48.2. The molecule has 7 heavy (non-hydrogen) atoms. The van der Waals surface area contributed by atoms with E-state index in [9.17, 15) is 0 Å². The molecule has 0 rings (SSSR count). The van der Waals surface area contributed by atoms with E-state index in [2.05, 4.69) is 10.7 Å². The van der Waals surface area contributed by atoms with Crippen LogP contribution in [-0.2, 0) is 4.84 Å². The van der Waals surface area contributed by atoms with Gasteiger partial charge >= 0.3 is 0 Å². The van der Waals surface area contributed by atoms with E-state index in [1.54, 1.807) is 6.92 Å². The van der Waals surface area contributed by atoms with Gasteiger partial charge in [0.2, 0.25) is 0 Å². The Kier molecular flexibility index (Phi) is 2.86. The number of hydrogen-bond donors (Lipinski definition) is 3. The zero-order valence-corrected chi connectivity index (χ0v) is 4.16. The number of aliphatic hydroxyl groups excluding tert-OH is 1. The summed E-state index contributed by atoms with van der Waals surface area (Å²) in [6.07, 6.45) is -1.04. The lowest BCUT2D eigenvalue weighted by Crippen LogP contribution is -2.35. The summed E-state index contributed by atoms with van der Waals surface area (Å²) in [5.41, 5.74) is 5.09. The van der Waals surface area contributed by atoms with Crippen molar-refractivity contribution in [3.8, 4) is 0 Å². The Morgan fingerprint density at radius 2 is 2.14 bits per heavy atom. The van der Waals surface area contributed by atoms with Gasteiger partial charge < -0.3 is 10.8 Å². The lowest BCUT2D eigenvalue weighted by molar-refractivity contribution is -0.112. The normalized spacial score (nSPS) is 18.9. The third-order valence-corrected chi connectivity index (χ3v) is 0.589. The summed E-state index contributed by atoms with van der Waals surface area (Å²) in [7, 11) is 0. The summed E-state index contributed by atoms with van der Waals surface area (Å²) in [6, 6.07) is -0.426.